The Balaban J connectivity index is 1.70. The smallest absolute Gasteiger partial charge is 0.129 e. The van der Waals surface area contributed by atoms with Gasteiger partial charge in [-0.15, -0.1) is 0 Å². The minimum Gasteiger partial charge on any atom is -0.482 e. The number of anilines is 1. The Kier molecular flexibility index (Phi) is 8.22. The molecule has 188 valence electrons. The second-order valence-electron chi connectivity index (χ2n) is 10.1. The number of benzene rings is 2. The number of nitrogens with zero attached hydrogens (tertiary/aromatic N) is 1. The molecule has 2 aliphatic rings. The van der Waals surface area contributed by atoms with Gasteiger partial charge in [0.25, 0.3) is 0 Å². The summed E-state index contributed by atoms with van der Waals surface area (Å²) in [4.78, 5) is 2.31. The standard InChI is InChI=1S/C31H43N3O/c1-6-23(4)22-33-27-14-15-30-28(20-27)29(21-31(35-30)16-9-18-32-19-17-31)26-12-10-25(11-13-26)24(5)34(7-2)8-3/h10-15,20-21,23,32-33H,5-9,16-19,22H2,1-4H3. The molecule has 2 heterocycles. The summed E-state index contributed by atoms with van der Waals surface area (Å²) in [5, 5.41) is 7.19. The highest BCUT2D eigenvalue weighted by atomic mass is 16.5. The minimum atomic E-state index is -0.249. The molecule has 2 atom stereocenters. The highest BCUT2D eigenvalue weighted by Gasteiger charge is 2.36. The van der Waals surface area contributed by atoms with Crippen LogP contribution in [0.4, 0.5) is 5.69 Å². The molecule has 2 aromatic carbocycles. The molecule has 2 aromatic rings. The van der Waals surface area contributed by atoms with E-state index >= 15 is 0 Å². The van der Waals surface area contributed by atoms with Crippen molar-refractivity contribution in [3.05, 3.63) is 71.8 Å². The monoisotopic (exact) mass is 473 g/mol. The molecule has 0 amide bonds. The molecular formula is C31H43N3O. The van der Waals surface area contributed by atoms with E-state index in [0.29, 0.717) is 5.92 Å². The average Bonchev–Trinajstić information content (AvgIpc) is 3.12. The summed E-state index contributed by atoms with van der Waals surface area (Å²) < 4.78 is 6.75. The molecule has 4 heteroatoms. The summed E-state index contributed by atoms with van der Waals surface area (Å²) in [5.41, 5.74) is 6.87. The zero-order valence-electron chi connectivity index (χ0n) is 22.1. The van der Waals surface area contributed by atoms with Crippen molar-refractivity contribution in [2.24, 2.45) is 5.92 Å². The number of fused-ring (bicyclic) bond motifs is 1. The third-order valence-corrected chi connectivity index (χ3v) is 7.69. The molecular weight excluding hydrogens is 430 g/mol. The van der Waals surface area contributed by atoms with Crippen LogP contribution in [0.1, 0.15) is 70.1 Å². The van der Waals surface area contributed by atoms with Gasteiger partial charge in [-0.05, 0) is 86.7 Å². The fourth-order valence-electron chi connectivity index (χ4n) is 5.14. The van der Waals surface area contributed by atoms with Crippen molar-refractivity contribution >= 4 is 17.0 Å². The first kappa shape index (κ1) is 25.4. The quantitative estimate of drug-likeness (QED) is 0.420. The third kappa shape index (κ3) is 5.75. The average molecular weight is 474 g/mol. The van der Waals surface area contributed by atoms with Crippen LogP contribution in [-0.4, -0.2) is 43.2 Å². The molecule has 0 bridgehead atoms. The number of hydrogen-bond acceptors (Lipinski definition) is 4. The van der Waals surface area contributed by atoms with Gasteiger partial charge in [-0.2, -0.15) is 0 Å². The van der Waals surface area contributed by atoms with Crippen LogP contribution >= 0.6 is 0 Å². The molecule has 0 saturated carbocycles. The summed E-state index contributed by atoms with van der Waals surface area (Å²) in [5.74, 6) is 1.64. The van der Waals surface area contributed by atoms with Gasteiger partial charge in [-0.3, -0.25) is 0 Å². The molecule has 0 aromatic heterocycles. The Bertz CT molecular complexity index is 1030. The van der Waals surface area contributed by atoms with Crippen LogP contribution in [-0.2, 0) is 0 Å². The van der Waals surface area contributed by atoms with E-state index in [2.05, 4.69) is 98.3 Å². The molecule has 1 spiro atoms. The Morgan fingerprint density at radius 2 is 1.86 bits per heavy atom. The molecule has 4 nitrogen and oxygen atoms in total. The maximum Gasteiger partial charge on any atom is 0.129 e. The van der Waals surface area contributed by atoms with Crippen LogP contribution in [0.2, 0.25) is 0 Å². The fraction of sp³-hybridized carbons (Fsp3) is 0.484. The number of hydrogen-bond donors (Lipinski definition) is 2. The lowest BCUT2D eigenvalue weighted by molar-refractivity contribution is 0.103. The maximum atomic E-state index is 6.75. The van der Waals surface area contributed by atoms with Crippen LogP contribution in [0.25, 0.3) is 11.3 Å². The summed E-state index contributed by atoms with van der Waals surface area (Å²) in [6.45, 7) is 18.2. The maximum absolute atomic E-state index is 6.75. The van der Waals surface area contributed by atoms with Crippen LogP contribution in [0.3, 0.4) is 0 Å². The normalized spacial score (nSPS) is 20.3. The molecule has 2 aliphatic heterocycles. The largest absolute Gasteiger partial charge is 0.482 e. The summed E-state index contributed by atoms with van der Waals surface area (Å²) >= 11 is 0. The number of ether oxygens (including phenoxy) is 1. The second-order valence-corrected chi connectivity index (χ2v) is 10.1. The molecule has 1 saturated heterocycles. The van der Waals surface area contributed by atoms with Gasteiger partial charge in [0.1, 0.15) is 11.4 Å². The van der Waals surface area contributed by atoms with Gasteiger partial charge < -0.3 is 20.3 Å². The lowest BCUT2D eigenvalue weighted by Gasteiger charge is -2.37. The highest BCUT2D eigenvalue weighted by Crippen LogP contribution is 2.44. The molecule has 4 rings (SSSR count). The summed E-state index contributed by atoms with van der Waals surface area (Å²) in [6.07, 6.45) is 6.73. The van der Waals surface area contributed by atoms with Gasteiger partial charge in [-0.1, -0.05) is 51.1 Å². The predicted octanol–water partition coefficient (Wildman–Crippen LogP) is 6.79. The first-order valence-corrected chi connectivity index (χ1v) is 13.5. The lowest BCUT2D eigenvalue weighted by Crippen LogP contribution is -2.37. The molecule has 2 N–H and O–H groups in total. The first-order valence-electron chi connectivity index (χ1n) is 13.5. The molecule has 0 radical (unpaired) electrons. The third-order valence-electron chi connectivity index (χ3n) is 7.69. The molecule has 35 heavy (non-hydrogen) atoms. The van der Waals surface area contributed by atoms with Gasteiger partial charge in [0.05, 0.1) is 0 Å². The zero-order valence-corrected chi connectivity index (χ0v) is 22.1. The molecule has 2 unspecified atom stereocenters. The van der Waals surface area contributed by atoms with Crippen molar-refractivity contribution in [1.82, 2.24) is 10.2 Å². The first-order chi connectivity index (χ1) is 17.0. The van der Waals surface area contributed by atoms with Crippen molar-refractivity contribution in [2.75, 3.05) is 38.0 Å². The number of nitrogens with one attached hydrogen (secondary N) is 2. The van der Waals surface area contributed by atoms with E-state index in [1.54, 1.807) is 0 Å². The Hall–Kier alpha value is -2.72. The second kappa shape index (κ2) is 11.3. The van der Waals surface area contributed by atoms with E-state index in [9.17, 15) is 0 Å². The number of rotatable bonds is 9. The minimum absolute atomic E-state index is 0.249. The lowest BCUT2D eigenvalue weighted by atomic mass is 9.84. The van der Waals surface area contributed by atoms with E-state index in [1.807, 2.05) is 0 Å². The van der Waals surface area contributed by atoms with E-state index < -0.39 is 0 Å². The van der Waals surface area contributed by atoms with E-state index in [1.165, 1.54) is 28.7 Å². The van der Waals surface area contributed by atoms with Crippen LogP contribution in [0.5, 0.6) is 5.75 Å². The van der Waals surface area contributed by atoms with Crippen LogP contribution in [0.15, 0.2) is 55.1 Å². The van der Waals surface area contributed by atoms with Crippen LogP contribution < -0.4 is 15.4 Å². The van der Waals surface area contributed by atoms with Gasteiger partial charge in [-0.25, -0.2) is 0 Å². The predicted molar refractivity (Wildman–Crippen MR) is 150 cm³/mol. The van der Waals surface area contributed by atoms with Crippen molar-refractivity contribution < 1.29 is 4.74 Å². The van der Waals surface area contributed by atoms with E-state index in [-0.39, 0.29) is 5.60 Å². The van der Waals surface area contributed by atoms with Gasteiger partial charge >= 0.3 is 0 Å². The van der Waals surface area contributed by atoms with Crippen molar-refractivity contribution in [3.63, 3.8) is 0 Å². The van der Waals surface area contributed by atoms with E-state index in [0.717, 1.165) is 69.1 Å². The Labute approximate surface area is 212 Å². The van der Waals surface area contributed by atoms with Crippen molar-refractivity contribution in [2.45, 2.75) is 59.0 Å². The Morgan fingerprint density at radius 1 is 1.09 bits per heavy atom. The van der Waals surface area contributed by atoms with Crippen LogP contribution in [0, 0.1) is 5.92 Å². The molecule has 1 fully saturated rings. The Morgan fingerprint density at radius 3 is 2.57 bits per heavy atom. The van der Waals surface area contributed by atoms with Crippen molar-refractivity contribution in [3.8, 4) is 5.75 Å². The van der Waals surface area contributed by atoms with Gasteiger partial charge in [0, 0.05) is 43.0 Å². The highest BCUT2D eigenvalue weighted by molar-refractivity contribution is 5.86. The SMILES string of the molecule is C=C(c1ccc(C2=CC3(CCCNCC3)Oc3ccc(NCC(C)CC)cc32)cc1)N(CC)CC. The van der Waals surface area contributed by atoms with Gasteiger partial charge in [0.15, 0.2) is 0 Å². The topological polar surface area (TPSA) is 36.5 Å². The van der Waals surface area contributed by atoms with Crippen molar-refractivity contribution in [1.29, 1.82) is 0 Å². The summed E-state index contributed by atoms with van der Waals surface area (Å²) in [7, 11) is 0. The summed E-state index contributed by atoms with van der Waals surface area (Å²) in [6, 6.07) is 15.6. The zero-order chi connectivity index (χ0) is 24.8. The van der Waals surface area contributed by atoms with E-state index in [4.69, 9.17) is 4.74 Å². The molecule has 0 aliphatic carbocycles. The fourth-order valence-corrected chi connectivity index (χ4v) is 5.14. The van der Waals surface area contributed by atoms with Gasteiger partial charge in [0.2, 0.25) is 0 Å².